The molecule has 173 valence electrons. The molecule has 0 bridgehead atoms. The normalized spacial score (nSPS) is 12.8. The zero-order valence-corrected chi connectivity index (χ0v) is 20.3. The molecular weight excluding hydrogens is 435 g/mol. The number of para-hydroxylation sites is 1. The van der Waals surface area contributed by atoms with Crippen LogP contribution in [0.25, 0.3) is 55.0 Å². The quantitative estimate of drug-likeness (QED) is 0.282. The van der Waals surface area contributed by atoms with Crippen molar-refractivity contribution in [1.29, 1.82) is 0 Å². The molecular formula is C30H26BO4. The highest BCUT2D eigenvalue weighted by molar-refractivity contribution is 6.47. The van der Waals surface area contributed by atoms with E-state index in [0.717, 1.165) is 60.5 Å². The van der Waals surface area contributed by atoms with Crippen LogP contribution < -0.4 is 5.46 Å². The third-order valence-corrected chi connectivity index (χ3v) is 7.17. The van der Waals surface area contributed by atoms with Gasteiger partial charge in [0.2, 0.25) is 0 Å². The average Bonchev–Trinajstić information content (AvgIpc) is 3.38. The van der Waals surface area contributed by atoms with Crippen molar-refractivity contribution in [2.45, 2.75) is 38.9 Å². The predicted molar refractivity (Wildman–Crippen MR) is 143 cm³/mol. The van der Waals surface area contributed by atoms with E-state index in [1.165, 1.54) is 0 Å². The maximum Gasteiger partial charge on any atom is 0.331 e. The van der Waals surface area contributed by atoms with E-state index in [1.54, 1.807) is 21.3 Å². The van der Waals surface area contributed by atoms with Gasteiger partial charge in [-0.25, -0.2) is 0 Å². The Morgan fingerprint density at radius 3 is 2.03 bits per heavy atom. The van der Waals surface area contributed by atoms with E-state index in [1.807, 2.05) is 50.2 Å². The topological polar surface area (TPSA) is 55.7 Å². The molecule has 4 aromatic carbocycles. The standard InChI is InChI=1S/C30H26BO4/c1-29(2,32)30(3,4)35-31-20-11-13-23-22-12-9-19(16-27(22)34-28(23)17-20)18-10-14-26-24(15-18)21-7-5-6-8-25(21)33-26/h5-17,32H,1-4H3. The fourth-order valence-electron chi connectivity index (χ4n) is 4.31. The molecule has 0 spiro atoms. The summed E-state index contributed by atoms with van der Waals surface area (Å²) < 4.78 is 18.1. The molecule has 4 nitrogen and oxygen atoms in total. The Morgan fingerprint density at radius 2 is 1.23 bits per heavy atom. The second-order valence-electron chi connectivity index (χ2n) is 10.2. The molecule has 0 saturated heterocycles. The summed E-state index contributed by atoms with van der Waals surface area (Å²) in [6, 6.07) is 26.8. The first-order chi connectivity index (χ1) is 16.7. The second kappa shape index (κ2) is 7.74. The SMILES string of the molecule is CC(C)(O)C(C)(C)O[B]c1ccc2c(c1)oc1cc(-c3ccc4oc5ccccc5c4c3)ccc12. The van der Waals surface area contributed by atoms with Gasteiger partial charge in [0.25, 0.3) is 0 Å². The van der Waals surface area contributed by atoms with Gasteiger partial charge in [0, 0.05) is 21.5 Å². The maximum atomic E-state index is 10.3. The number of benzene rings is 4. The Morgan fingerprint density at radius 1 is 0.629 bits per heavy atom. The fraction of sp³-hybridized carbons (Fsp3) is 0.200. The molecule has 6 aromatic rings. The van der Waals surface area contributed by atoms with Crippen molar-refractivity contribution in [2.24, 2.45) is 0 Å². The minimum Gasteiger partial charge on any atom is -0.456 e. The van der Waals surface area contributed by atoms with Gasteiger partial charge in [0.15, 0.2) is 0 Å². The van der Waals surface area contributed by atoms with Crippen LogP contribution in [0.2, 0.25) is 0 Å². The highest BCUT2D eigenvalue weighted by Crippen LogP contribution is 2.35. The number of fused-ring (bicyclic) bond motifs is 6. The number of hydrogen-bond acceptors (Lipinski definition) is 4. The van der Waals surface area contributed by atoms with Crippen LogP contribution in [-0.4, -0.2) is 23.8 Å². The number of aliphatic hydroxyl groups is 1. The molecule has 0 aliphatic carbocycles. The van der Waals surface area contributed by atoms with E-state index in [0.29, 0.717) is 0 Å². The van der Waals surface area contributed by atoms with Crippen molar-refractivity contribution in [3.63, 3.8) is 0 Å². The van der Waals surface area contributed by atoms with Gasteiger partial charge in [-0.05, 0) is 80.7 Å². The maximum absolute atomic E-state index is 10.3. The Balaban J connectivity index is 1.35. The highest BCUT2D eigenvalue weighted by atomic mass is 16.5. The molecule has 35 heavy (non-hydrogen) atoms. The summed E-state index contributed by atoms with van der Waals surface area (Å²) in [6.07, 6.45) is 0. The molecule has 0 fully saturated rings. The van der Waals surface area contributed by atoms with Gasteiger partial charge < -0.3 is 18.6 Å². The zero-order valence-electron chi connectivity index (χ0n) is 20.3. The highest BCUT2D eigenvalue weighted by Gasteiger charge is 2.35. The Kier molecular flexibility index (Phi) is 4.86. The lowest BCUT2D eigenvalue weighted by Crippen LogP contribution is -2.49. The first-order valence-corrected chi connectivity index (χ1v) is 11.8. The fourth-order valence-corrected chi connectivity index (χ4v) is 4.31. The predicted octanol–water partition coefficient (Wildman–Crippen LogP) is 6.96. The van der Waals surface area contributed by atoms with Crippen LogP contribution >= 0.6 is 0 Å². The van der Waals surface area contributed by atoms with E-state index >= 15 is 0 Å². The summed E-state index contributed by atoms with van der Waals surface area (Å²) >= 11 is 0. The minimum absolute atomic E-state index is 0.730. The summed E-state index contributed by atoms with van der Waals surface area (Å²) in [5.74, 6) is 0. The summed E-state index contributed by atoms with van der Waals surface area (Å²) in [5.41, 5.74) is 4.80. The van der Waals surface area contributed by atoms with Gasteiger partial charge in [0.1, 0.15) is 22.3 Å². The van der Waals surface area contributed by atoms with Crippen molar-refractivity contribution in [3.8, 4) is 11.1 Å². The van der Waals surface area contributed by atoms with Gasteiger partial charge in [-0.15, -0.1) is 0 Å². The van der Waals surface area contributed by atoms with Gasteiger partial charge in [-0.3, -0.25) is 0 Å². The van der Waals surface area contributed by atoms with E-state index in [2.05, 4.69) is 42.5 Å². The lowest BCUT2D eigenvalue weighted by atomic mass is 9.82. The lowest BCUT2D eigenvalue weighted by Gasteiger charge is -2.37. The number of hydrogen-bond donors (Lipinski definition) is 1. The van der Waals surface area contributed by atoms with Crippen LogP contribution in [0, 0.1) is 0 Å². The van der Waals surface area contributed by atoms with Gasteiger partial charge in [-0.2, -0.15) is 0 Å². The van der Waals surface area contributed by atoms with Crippen LogP contribution in [0.1, 0.15) is 27.7 Å². The van der Waals surface area contributed by atoms with Crippen molar-refractivity contribution >= 4 is 56.8 Å². The Hall–Kier alpha value is -3.54. The Bertz CT molecular complexity index is 1720. The van der Waals surface area contributed by atoms with Gasteiger partial charge >= 0.3 is 7.48 Å². The van der Waals surface area contributed by atoms with E-state index in [9.17, 15) is 5.11 Å². The molecule has 0 unspecified atom stereocenters. The van der Waals surface area contributed by atoms with Crippen LogP contribution in [-0.2, 0) is 4.65 Å². The van der Waals surface area contributed by atoms with E-state index in [4.69, 9.17) is 13.5 Å². The third kappa shape index (κ3) is 3.72. The molecule has 5 heteroatoms. The number of rotatable bonds is 5. The average molecular weight is 461 g/mol. The van der Waals surface area contributed by atoms with Crippen molar-refractivity contribution in [3.05, 3.63) is 78.9 Å². The summed E-state index contributed by atoms with van der Waals surface area (Å²) in [6.45, 7) is 7.23. The summed E-state index contributed by atoms with van der Waals surface area (Å²) in [4.78, 5) is 0. The number of furan rings is 2. The van der Waals surface area contributed by atoms with Crippen molar-refractivity contribution in [2.75, 3.05) is 0 Å². The zero-order chi connectivity index (χ0) is 24.4. The molecule has 0 saturated carbocycles. The van der Waals surface area contributed by atoms with Gasteiger partial charge in [-0.1, -0.05) is 42.5 Å². The largest absolute Gasteiger partial charge is 0.456 e. The molecule has 2 heterocycles. The first-order valence-electron chi connectivity index (χ1n) is 11.8. The molecule has 0 atom stereocenters. The third-order valence-electron chi connectivity index (χ3n) is 7.17. The summed E-state index contributed by atoms with van der Waals surface area (Å²) in [5, 5.41) is 14.7. The van der Waals surface area contributed by atoms with Crippen LogP contribution in [0.3, 0.4) is 0 Å². The van der Waals surface area contributed by atoms with Crippen molar-refractivity contribution < 1.29 is 18.6 Å². The summed E-state index contributed by atoms with van der Waals surface area (Å²) in [7, 11) is 1.68. The molecule has 0 aliphatic heterocycles. The Labute approximate surface area is 204 Å². The lowest BCUT2D eigenvalue weighted by molar-refractivity contribution is -0.0893. The molecule has 6 rings (SSSR count). The molecule has 1 radical (unpaired) electrons. The second-order valence-corrected chi connectivity index (χ2v) is 10.2. The van der Waals surface area contributed by atoms with Gasteiger partial charge in [0.05, 0.1) is 11.2 Å². The molecule has 2 aromatic heterocycles. The van der Waals surface area contributed by atoms with Crippen LogP contribution in [0.5, 0.6) is 0 Å². The van der Waals surface area contributed by atoms with E-state index in [-0.39, 0.29) is 0 Å². The van der Waals surface area contributed by atoms with E-state index < -0.39 is 11.2 Å². The molecule has 0 amide bonds. The minimum atomic E-state index is -0.977. The first kappa shape index (κ1) is 22.0. The monoisotopic (exact) mass is 461 g/mol. The smallest absolute Gasteiger partial charge is 0.331 e. The molecule has 1 N–H and O–H groups in total. The van der Waals surface area contributed by atoms with Crippen LogP contribution in [0.15, 0.2) is 87.7 Å². The van der Waals surface area contributed by atoms with Crippen LogP contribution in [0.4, 0.5) is 0 Å². The molecule has 0 aliphatic rings. The van der Waals surface area contributed by atoms with Crippen molar-refractivity contribution in [1.82, 2.24) is 0 Å².